The molecule has 7 heteroatoms. The van der Waals surface area contributed by atoms with Gasteiger partial charge in [0.15, 0.2) is 0 Å². The van der Waals surface area contributed by atoms with Gasteiger partial charge in [0.05, 0.1) is 17.2 Å². The topological polar surface area (TPSA) is 74.3 Å². The first-order valence-electron chi connectivity index (χ1n) is 8.16. The molecule has 0 aliphatic heterocycles. The standard InChI is InChI=1S/C18H24N4O2S/c1-12(2)9-17(23)20-14-5-7-15(8-6-14)21-18(24)22(4)10-16-11-25-13(3)19-16/h5-8,11-12H,9-10H2,1-4H3,(H,20,23)(H,21,24). The summed E-state index contributed by atoms with van der Waals surface area (Å²) in [6.45, 7) is 6.40. The van der Waals surface area contributed by atoms with E-state index in [2.05, 4.69) is 15.6 Å². The molecule has 0 radical (unpaired) electrons. The highest BCUT2D eigenvalue weighted by molar-refractivity contribution is 7.09. The molecule has 0 spiro atoms. The Morgan fingerprint density at radius 3 is 2.28 bits per heavy atom. The van der Waals surface area contributed by atoms with Crippen molar-refractivity contribution in [3.8, 4) is 0 Å². The number of carbonyl (C=O) groups excluding carboxylic acids is 2. The van der Waals surface area contributed by atoms with E-state index in [1.54, 1.807) is 47.5 Å². The van der Waals surface area contributed by atoms with E-state index in [-0.39, 0.29) is 11.9 Å². The summed E-state index contributed by atoms with van der Waals surface area (Å²) in [5.41, 5.74) is 2.27. The number of carbonyl (C=O) groups is 2. The van der Waals surface area contributed by atoms with Gasteiger partial charge in [0, 0.05) is 30.2 Å². The summed E-state index contributed by atoms with van der Waals surface area (Å²) >= 11 is 1.57. The zero-order valence-corrected chi connectivity index (χ0v) is 15.8. The number of urea groups is 1. The fraction of sp³-hybridized carbons (Fsp3) is 0.389. The number of hydrogen-bond acceptors (Lipinski definition) is 4. The van der Waals surface area contributed by atoms with E-state index >= 15 is 0 Å². The molecule has 1 heterocycles. The summed E-state index contributed by atoms with van der Waals surface area (Å²) in [6, 6.07) is 6.88. The Morgan fingerprint density at radius 1 is 1.16 bits per heavy atom. The molecule has 0 aliphatic rings. The van der Waals surface area contributed by atoms with Crippen LogP contribution in [0.5, 0.6) is 0 Å². The van der Waals surface area contributed by atoms with E-state index < -0.39 is 0 Å². The molecule has 1 aromatic heterocycles. The van der Waals surface area contributed by atoms with Gasteiger partial charge in [-0.3, -0.25) is 4.79 Å². The summed E-state index contributed by atoms with van der Waals surface area (Å²) in [5.74, 6) is 0.306. The minimum Gasteiger partial charge on any atom is -0.326 e. The summed E-state index contributed by atoms with van der Waals surface area (Å²) in [7, 11) is 1.73. The monoisotopic (exact) mass is 360 g/mol. The molecule has 0 saturated heterocycles. The van der Waals surface area contributed by atoms with Gasteiger partial charge >= 0.3 is 6.03 Å². The summed E-state index contributed by atoms with van der Waals surface area (Å²) < 4.78 is 0. The number of nitrogens with zero attached hydrogens (tertiary/aromatic N) is 2. The van der Waals surface area contributed by atoms with Gasteiger partial charge < -0.3 is 15.5 Å². The molecule has 3 amide bonds. The van der Waals surface area contributed by atoms with Gasteiger partial charge in [-0.2, -0.15) is 0 Å². The van der Waals surface area contributed by atoms with Crippen LogP contribution in [0.3, 0.4) is 0 Å². The summed E-state index contributed by atoms with van der Waals surface area (Å²) in [6.07, 6.45) is 0.485. The number of rotatable bonds is 6. The number of amides is 3. The van der Waals surface area contributed by atoms with Crippen molar-refractivity contribution in [2.75, 3.05) is 17.7 Å². The van der Waals surface area contributed by atoms with Crippen molar-refractivity contribution < 1.29 is 9.59 Å². The van der Waals surface area contributed by atoms with Crippen LogP contribution in [0.25, 0.3) is 0 Å². The van der Waals surface area contributed by atoms with Crippen LogP contribution in [0.4, 0.5) is 16.2 Å². The van der Waals surface area contributed by atoms with Gasteiger partial charge in [-0.1, -0.05) is 13.8 Å². The van der Waals surface area contributed by atoms with Crippen molar-refractivity contribution in [3.05, 3.63) is 40.3 Å². The average Bonchev–Trinajstić information content (AvgIpc) is 2.93. The number of benzene rings is 1. The molecule has 1 aromatic carbocycles. The zero-order valence-electron chi connectivity index (χ0n) is 15.0. The Balaban J connectivity index is 1.87. The fourth-order valence-corrected chi connectivity index (χ4v) is 2.84. The lowest BCUT2D eigenvalue weighted by Gasteiger charge is -2.17. The molecule has 2 rings (SSSR count). The molecule has 2 N–H and O–H groups in total. The van der Waals surface area contributed by atoms with Crippen molar-refractivity contribution in [2.24, 2.45) is 5.92 Å². The van der Waals surface area contributed by atoms with Crippen molar-refractivity contribution >= 4 is 34.6 Å². The van der Waals surface area contributed by atoms with E-state index in [4.69, 9.17) is 0 Å². The smallest absolute Gasteiger partial charge is 0.321 e. The van der Waals surface area contributed by atoms with E-state index in [9.17, 15) is 9.59 Å². The second-order valence-electron chi connectivity index (χ2n) is 6.37. The van der Waals surface area contributed by atoms with Crippen LogP contribution in [0, 0.1) is 12.8 Å². The number of anilines is 2. The predicted molar refractivity (Wildman–Crippen MR) is 102 cm³/mol. The maximum atomic E-state index is 12.2. The number of nitrogens with one attached hydrogen (secondary N) is 2. The van der Waals surface area contributed by atoms with Gasteiger partial charge in [0.25, 0.3) is 0 Å². The number of thiazole rings is 1. The highest BCUT2D eigenvalue weighted by Crippen LogP contribution is 2.16. The Bertz CT molecular complexity index is 725. The molecule has 134 valence electrons. The van der Waals surface area contributed by atoms with Gasteiger partial charge in [-0.25, -0.2) is 9.78 Å². The van der Waals surface area contributed by atoms with Crippen LogP contribution in [0.1, 0.15) is 31.0 Å². The van der Waals surface area contributed by atoms with Crippen molar-refractivity contribution in [1.29, 1.82) is 0 Å². The highest BCUT2D eigenvalue weighted by Gasteiger charge is 2.11. The fourth-order valence-electron chi connectivity index (χ4n) is 2.23. The third-order valence-electron chi connectivity index (χ3n) is 3.43. The molecule has 0 fully saturated rings. The molecule has 0 atom stereocenters. The lowest BCUT2D eigenvalue weighted by atomic mass is 10.1. The first kappa shape index (κ1) is 18.9. The normalized spacial score (nSPS) is 10.6. The SMILES string of the molecule is Cc1nc(CN(C)C(=O)Nc2ccc(NC(=O)CC(C)C)cc2)cs1. The molecule has 0 bridgehead atoms. The zero-order chi connectivity index (χ0) is 18.4. The van der Waals surface area contributed by atoms with E-state index in [1.807, 2.05) is 26.2 Å². The minimum absolute atomic E-state index is 0.00919. The Morgan fingerprint density at radius 2 is 1.76 bits per heavy atom. The van der Waals surface area contributed by atoms with Gasteiger partial charge in [0.2, 0.25) is 5.91 Å². The quantitative estimate of drug-likeness (QED) is 0.814. The second kappa shape index (κ2) is 8.62. The van der Waals surface area contributed by atoms with Crippen molar-refractivity contribution in [2.45, 2.75) is 33.7 Å². The lowest BCUT2D eigenvalue weighted by Crippen LogP contribution is -2.30. The highest BCUT2D eigenvalue weighted by atomic mass is 32.1. The van der Waals surface area contributed by atoms with E-state index in [1.165, 1.54) is 0 Å². The second-order valence-corrected chi connectivity index (χ2v) is 7.43. The van der Waals surface area contributed by atoms with E-state index in [0.29, 0.717) is 24.6 Å². The van der Waals surface area contributed by atoms with Crippen LogP contribution >= 0.6 is 11.3 Å². The Hall–Kier alpha value is -2.41. The van der Waals surface area contributed by atoms with Gasteiger partial charge in [0.1, 0.15) is 0 Å². The van der Waals surface area contributed by atoms with E-state index in [0.717, 1.165) is 16.4 Å². The molecule has 25 heavy (non-hydrogen) atoms. The van der Waals surface area contributed by atoms with Crippen LogP contribution in [0.2, 0.25) is 0 Å². The van der Waals surface area contributed by atoms with Crippen LogP contribution in [0.15, 0.2) is 29.6 Å². The van der Waals surface area contributed by atoms with Crippen molar-refractivity contribution in [1.82, 2.24) is 9.88 Å². The summed E-state index contributed by atoms with van der Waals surface area (Å²) in [4.78, 5) is 29.9. The molecule has 6 nitrogen and oxygen atoms in total. The minimum atomic E-state index is -0.206. The lowest BCUT2D eigenvalue weighted by molar-refractivity contribution is -0.116. The first-order valence-corrected chi connectivity index (χ1v) is 9.04. The molecule has 0 unspecified atom stereocenters. The van der Waals surface area contributed by atoms with Crippen LogP contribution < -0.4 is 10.6 Å². The number of aromatic nitrogens is 1. The van der Waals surface area contributed by atoms with Crippen molar-refractivity contribution in [3.63, 3.8) is 0 Å². The summed E-state index contributed by atoms with van der Waals surface area (Å²) in [5, 5.41) is 8.61. The van der Waals surface area contributed by atoms with Gasteiger partial charge in [-0.05, 0) is 37.1 Å². The molecular weight excluding hydrogens is 336 g/mol. The first-order chi connectivity index (χ1) is 11.8. The van der Waals surface area contributed by atoms with Gasteiger partial charge in [-0.15, -0.1) is 11.3 Å². The largest absolute Gasteiger partial charge is 0.326 e. The number of aryl methyl sites for hydroxylation is 1. The molecule has 0 aliphatic carbocycles. The predicted octanol–water partition coefficient (Wildman–Crippen LogP) is 4.10. The average molecular weight is 360 g/mol. The Kier molecular flexibility index (Phi) is 6.52. The third kappa shape index (κ3) is 6.19. The maximum Gasteiger partial charge on any atom is 0.321 e. The molecular formula is C18H24N4O2S. The van der Waals surface area contributed by atoms with Crippen LogP contribution in [-0.2, 0) is 11.3 Å². The third-order valence-corrected chi connectivity index (χ3v) is 4.25. The Labute approximate surface area is 152 Å². The number of hydrogen-bond donors (Lipinski definition) is 2. The molecule has 2 aromatic rings. The molecule has 0 saturated carbocycles. The maximum absolute atomic E-state index is 12.2. The van der Waals surface area contributed by atoms with Crippen LogP contribution in [-0.4, -0.2) is 28.9 Å².